The molecule has 0 radical (unpaired) electrons. The molecule has 108 valence electrons. The molecule has 0 fully saturated rings. The van der Waals surface area contributed by atoms with E-state index in [1.807, 2.05) is 30.1 Å². The zero-order chi connectivity index (χ0) is 14.7. The number of hydrogen-bond acceptors (Lipinski definition) is 2. The van der Waals surface area contributed by atoms with E-state index in [1.165, 1.54) is 11.6 Å². The average molecular weight is 275 g/mol. The van der Waals surface area contributed by atoms with E-state index in [2.05, 4.69) is 31.2 Å². The standard InChI is InChI=1S/C16H22FN3/c1-11(9-14-7-5-6-8-16(14)17)19-12(2)15-10-18-20(4)13(15)3/h5-8,10-12,19H,9H2,1-4H3. The van der Waals surface area contributed by atoms with E-state index < -0.39 is 0 Å². The second-order valence-corrected chi connectivity index (χ2v) is 5.39. The molecule has 3 nitrogen and oxygen atoms in total. The summed E-state index contributed by atoms with van der Waals surface area (Å²) in [4.78, 5) is 0. The van der Waals surface area contributed by atoms with Crippen LogP contribution < -0.4 is 5.32 Å². The molecule has 0 saturated heterocycles. The van der Waals surface area contributed by atoms with Crippen molar-refractivity contribution in [2.75, 3.05) is 0 Å². The molecule has 0 saturated carbocycles. The number of aromatic nitrogens is 2. The van der Waals surface area contributed by atoms with Gasteiger partial charge >= 0.3 is 0 Å². The Labute approximate surface area is 119 Å². The van der Waals surface area contributed by atoms with E-state index >= 15 is 0 Å². The van der Waals surface area contributed by atoms with Crippen LogP contribution in [0.1, 0.15) is 36.7 Å². The van der Waals surface area contributed by atoms with Gasteiger partial charge in [-0.15, -0.1) is 0 Å². The van der Waals surface area contributed by atoms with Crippen LogP contribution in [0.25, 0.3) is 0 Å². The molecular weight excluding hydrogens is 253 g/mol. The van der Waals surface area contributed by atoms with Crippen LogP contribution >= 0.6 is 0 Å². The lowest BCUT2D eigenvalue weighted by atomic mass is 10.0. The van der Waals surface area contributed by atoms with Crippen molar-refractivity contribution in [2.45, 2.75) is 39.3 Å². The molecule has 1 aromatic heterocycles. The van der Waals surface area contributed by atoms with E-state index in [9.17, 15) is 4.39 Å². The second-order valence-electron chi connectivity index (χ2n) is 5.39. The fourth-order valence-electron chi connectivity index (χ4n) is 2.51. The van der Waals surface area contributed by atoms with E-state index in [-0.39, 0.29) is 17.9 Å². The van der Waals surface area contributed by atoms with Gasteiger partial charge in [-0.05, 0) is 38.8 Å². The first-order valence-corrected chi connectivity index (χ1v) is 6.97. The van der Waals surface area contributed by atoms with Crippen molar-refractivity contribution in [2.24, 2.45) is 7.05 Å². The quantitative estimate of drug-likeness (QED) is 0.908. The largest absolute Gasteiger partial charge is 0.307 e. The molecule has 1 aromatic carbocycles. The summed E-state index contributed by atoms with van der Waals surface area (Å²) in [5, 5.41) is 7.77. The minimum atomic E-state index is -0.133. The molecule has 0 aliphatic carbocycles. The van der Waals surface area contributed by atoms with Crippen molar-refractivity contribution in [1.82, 2.24) is 15.1 Å². The van der Waals surface area contributed by atoms with Crippen molar-refractivity contribution < 1.29 is 4.39 Å². The van der Waals surface area contributed by atoms with E-state index in [4.69, 9.17) is 0 Å². The normalized spacial score (nSPS) is 14.2. The Morgan fingerprint density at radius 2 is 2.00 bits per heavy atom. The molecule has 1 N–H and O–H groups in total. The van der Waals surface area contributed by atoms with Crippen molar-refractivity contribution >= 4 is 0 Å². The van der Waals surface area contributed by atoms with Crippen LogP contribution in [0.4, 0.5) is 4.39 Å². The minimum Gasteiger partial charge on any atom is -0.307 e. The molecule has 2 rings (SSSR count). The smallest absolute Gasteiger partial charge is 0.126 e. The van der Waals surface area contributed by atoms with E-state index in [1.54, 1.807) is 6.07 Å². The maximum Gasteiger partial charge on any atom is 0.126 e. The molecular formula is C16H22FN3. The van der Waals surface area contributed by atoms with Crippen molar-refractivity contribution in [3.05, 3.63) is 53.1 Å². The Balaban J connectivity index is 1.99. The lowest BCUT2D eigenvalue weighted by molar-refractivity contribution is 0.467. The Morgan fingerprint density at radius 3 is 2.60 bits per heavy atom. The number of benzene rings is 1. The van der Waals surface area contributed by atoms with Crippen LogP contribution in [0.15, 0.2) is 30.5 Å². The minimum absolute atomic E-state index is 0.133. The lowest BCUT2D eigenvalue weighted by Gasteiger charge is -2.20. The topological polar surface area (TPSA) is 29.9 Å². The number of rotatable bonds is 5. The highest BCUT2D eigenvalue weighted by atomic mass is 19.1. The van der Waals surface area contributed by atoms with Crippen molar-refractivity contribution in [3.8, 4) is 0 Å². The molecule has 2 unspecified atom stereocenters. The van der Waals surface area contributed by atoms with Crippen LogP contribution in [-0.4, -0.2) is 15.8 Å². The monoisotopic (exact) mass is 275 g/mol. The third-order valence-corrected chi connectivity index (χ3v) is 3.76. The number of halogens is 1. The summed E-state index contributed by atoms with van der Waals surface area (Å²) in [6.45, 7) is 6.25. The first-order chi connectivity index (χ1) is 9.49. The molecule has 0 amide bonds. The lowest BCUT2D eigenvalue weighted by Crippen LogP contribution is -2.31. The van der Waals surface area contributed by atoms with Crippen LogP contribution in [0, 0.1) is 12.7 Å². The van der Waals surface area contributed by atoms with Gasteiger partial charge < -0.3 is 5.32 Å². The predicted octanol–water partition coefficient (Wildman–Crippen LogP) is 3.15. The molecule has 0 spiro atoms. The van der Waals surface area contributed by atoms with Gasteiger partial charge in [0, 0.05) is 30.4 Å². The third-order valence-electron chi connectivity index (χ3n) is 3.76. The number of aryl methyl sites for hydroxylation is 1. The van der Waals surface area contributed by atoms with Crippen LogP contribution in [0.5, 0.6) is 0 Å². The summed E-state index contributed by atoms with van der Waals surface area (Å²) < 4.78 is 15.5. The van der Waals surface area contributed by atoms with Gasteiger partial charge in [0.25, 0.3) is 0 Å². The Morgan fingerprint density at radius 1 is 1.30 bits per heavy atom. The molecule has 0 bridgehead atoms. The van der Waals surface area contributed by atoms with Crippen LogP contribution in [-0.2, 0) is 13.5 Å². The highest BCUT2D eigenvalue weighted by Crippen LogP contribution is 2.18. The third kappa shape index (κ3) is 3.25. The molecule has 20 heavy (non-hydrogen) atoms. The Hall–Kier alpha value is -1.68. The fraction of sp³-hybridized carbons (Fsp3) is 0.438. The first kappa shape index (κ1) is 14.7. The maximum absolute atomic E-state index is 13.6. The van der Waals surface area contributed by atoms with Gasteiger partial charge in [0.15, 0.2) is 0 Å². The molecule has 0 aliphatic rings. The van der Waals surface area contributed by atoms with Crippen molar-refractivity contribution in [1.29, 1.82) is 0 Å². The highest BCUT2D eigenvalue weighted by molar-refractivity contribution is 5.21. The molecule has 4 heteroatoms. The summed E-state index contributed by atoms with van der Waals surface area (Å²) in [5.41, 5.74) is 3.10. The molecule has 1 heterocycles. The average Bonchev–Trinajstić information content (AvgIpc) is 2.73. The van der Waals surface area contributed by atoms with Gasteiger partial charge in [0.2, 0.25) is 0 Å². The zero-order valence-electron chi connectivity index (χ0n) is 12.5. The van der Waals surface area contributed by atoms with Gasteiger partial charge in [-0.2, -0.15) is 5.10 Å². The number of nitrogens with zero attached hydrogens (tertiary/aromatic N) is 2. The summed E-state index contributed by atoms with van der Waals surface area (Å²) in [5.74, 6) is -0.133. The first-order valence-electron chi connectivity index (χ1n) is 6.97. The summed E-state index contributed by atoms with van der Waals surface area (Å²) in [7, 11) is 1.94. The van der Waals surface area contributed by atoms with E-state index in [0.717, 1.165) is 11.3 Å². The van der Waals surface area contributed by atoms with Gasteiger partial charge in [0.1, 0.15) is 5.82 Å². The number of nitrogens with one attached hydrogen (secondary N) is 1. The summed E-state index contributed by atoms with van der Waals surface area (Å²) >= 11 is 0. The SMILES string of the molecule is Cc1c(C(C)NC(C)Cc2ccccc2F)cnn1C. The van der Waals surface area contributed by atoms with Gasteiger partial charge in [-0.1, -0.05) is 18.2 Å². The highest BCUT2D eigenvalue weighted by Gasteiger charge is 2.15. The van der Waals surface area contributed by atoms with Gasteiger partial charge in [0.05, 0.1) is 6.20 Å². The Kier molecular flexibility index (Phi) is 4.55. The molecule has 0 aliphatic heterocycles. The fourth-order valence-corrected chi connectivity index (χ4v) is 2.51. The maximum atomic E-state index is 13.6. The summed E-state index contributed by atoms with van der Waals surface area (Å²) in [6.07, 6.45) is 2.57. The van der Waals surface area contributed by atoms with Crippen LogP contribution in [0.2, 0.25) is 0 Å². The predicted molar refractivity (Wildman–Crippen MR) is 79.1 cm³/mol. The van der Waals surface area contributed by atoms with Gasteiger partial charge in [-0.3, -0.25) is 4.68 Å². The molecule has 2 atom stereocenters. The van der Waals surface area contributed by atoms with Crippen molar-refractivity contribution in [3.63, 3.8) is 0 Å². The van der Waals surface area contributed by atoms with Gasteiger partial charge in [-0.25, -0.2) is 4.39 Å². The molecule has 2 aromatic rings. The summed E-state index contributed by atoms with van der Waals surface area (Å²) in [6, 6.07) is 7.34. The van der Waals surface area contributed by atoms with E-state index in [0.29, 0.717) is 6.42 Å². The van der Waals surface area contributed by atoms with Crippen LogP contribution in [0.3, 0.4) is 0 Å². The number of hydrogen-bond donors (Lipinski definition) is 1. The zero-order valence-corrected chi connectivity index (χ0v) is 12.5. The Bertz CT molecular complexity index is 577. The second kappa shape index (κ2) is 6.18.